The Hall–Kier alpha value is -1.55. The van der Waals surface area contributed by atoms with Crippen molar-refractivity contribution >= 4 is 17.1 Å². The highest BCUT2D eigenvalue weighted by Gasteiger charge is 2.23. The monoisotopic (exact) mass is 250 g/mol. The molecule has 0 radical (unpaired) electrons. The molecule has 0 aliphatic carbocycles. The maximum Gasteiger partial charge on any atom is 0.210 e. The van der Waals surface area contributed by atoms with Gasteiger partial charge in [-0.3, -0.25) is 4.79 Å². The lowest BCUT2D eigenvalue weighted by Crippen LogP contribution is -2.03. The highest BCUT2D eigenvalue weighted by Crippen LogP contribution is 2.31. The maximum atomic E-state index is 12.4. The van der Waals surface area contributed by atoms with Gasteiger partial charge in [-0.15, -0.1) is 11.3 Å². The van der Waals surface area contributed by atoms with Crippen LogP contribution >= 0.6 is 11.3 Å². The average molecular weight is 250 g/mol. The zero-order valence-corrected chi connectivity index (χ0v) is 11.1. The molecule has 2 aromatic rings. The van der Waals surface area contributed by atoms with E-state index in [1.807, 2.05) is 26.2 Å². The summed E-state index contributed by atoms with van der Waals surface area (Å²) in [5.41, 5.74) is 1.56. The Bertz CT molecular complexity index is 563. The Morgan fingerprint density at radius 3 is 2.53 bits per heavy atom. The van der Waals surface area contributed by atoms with E-state index in [2.05, 4.69) is 0 Å². The van der Waals surface area contributed by atoms with Crippen molar-refractivity contribution in [3.05, 3.63) is 39.0 Å². The molecule has 0 N–H and O–H groups in total. The molecule has 0 spiro atoms. The fraction of sp³-hybridized carbons (Fsp3) is 0.308. The van der Waals surface area contributed by atoms with Crippen LogP contribution in [0.25, 0.3) is 0 Å². The lowest BCUT2D eigenvalue weighted by Gasteiger charge is -2.02. The summed E-state index contributed by atoms with van der Waals surface area (Å²) < 4.78 is 10.7. The van der Waals surface area contributed by atoms with Crippen molar-refractivity contribution in [1.29, 1.82) is 0 Å². The molecule has 0 bridgehead atoms. The van der Waals surface area contributed by atoms with Crippen LogP contribution in [0.3, 0.4) is 0 Å². The molecule has 0 fully saturated rings. The Labute approximate surface area is 104 Å². The minimum atomic E-state index is -0.0244. The first-order valence-corrected chi connectivity index (χ1v) is 6.17. The van der Waals surface area contributed by atoms with E-state index in [4.69, 9.17) is 9.15 Å². The van der Waals surface area contributed by atoms with Crippen molar-refractivity contribution in [2.45, 2.75) is 20.8 Å². The van der Waals surface area contributed by atoms with Gasteiger partial charge in [0.2, 0.25) is 5.78 Å². The Morgan fingerprint density at radius 1 is 1.29 bits per heavy atom. The van der Waals surface area contributed by atoms with Gasteiger partial charge in [-0.1, -0.05) is 0 Å². The summed E-state index contributed by atoms with van der Waals surface area (Å²) in [7, 11) is 1.57. The zero-order chi connectivity index (χ0) is 12.6. The Kier molecular flexibility index (Phi) is 3.07. The summed E-state index contributed by atoms with van der Waals surface area (Å²) in [6.07, 6.45) is 0. The lowest BCUT2D eigenvalue weighted by molar-refractivity contribution is 0.103. The average Bonchev–Trinajstić information content (AvgIpc) is 2.84. The number of furan rings is 1. The molecule has 2 aromatic heterocycles. The van der Waals surface area contributed by atoms with Crippen molar-refractivity contribution in [1.82, 2.24) is 0 Å². The molecule has 0 aromatic carbocycles. The quantitative estimate of drug-likeness (QED) is 0.782. The SMILES string of the molecule is COc1ccsc1C(=O)c1c(C)oc(C)c1C. The number of hydrogen-bond donors (Lipinski definition) is 0. The van der Waals surface area contributed by atoms with Crippen LogP contribution in [0.2, 0.25) is 0 Å². The van der Waals surface area contributed by atoms with Crippen molar-refractivity contribution in [3.8, 4) is 5.75 Å². The topological polar surface area (TPSA) is 39.4 Å². The molecule has 2 rings (SSSR count). The van der Waals surface area contributed by atoms with Crippen LogP contribution in [-0.4, -0.2) is 12.9 Å². The molecule has 0 aliphatic heterocycles. The summed E-state index contributed by atoms with van der Waals surface area (Å²) in [4.78, 5) is 13.0. The fourth-order valence-corrected chi connectivity index (χ4v) is 2.67. The molecule has 3 nitrogen and oxygen atoms in total. The van der Waals surface area contributed by atoms with Crippen LogP contribution in [0.1, 0.15) is 32.3 Å². The van der Waals surface area contributed by atoms with Gasteiger partial charge in [0.15, 0.2) is 0 Å². The normalized spacial score (nSPS) is 10.6. The number of carbonyl (C=O) groups is 1. The highest BCUT2D eigenvalue weighted by atomic mass is 32.1. The Balaban J connectivity index is 2.51. The van der Waals surface area contributed by atoms with E-state index in [0.29, 0.717) is 22.0 Å². The van der Waals surface area contributed by atoms with Gasteiger partial charge in [-0.2, -0.15) is 0 Å². The summed E-state index contributed by atoms with van der Waals surface area (Å²) in [5, 5.41) is 1.85. The first-order chi connectivity index (χ1) is 8.06. The van der Waals surface area contributed by atoms with E-state index in [1.54, 1.807) is 13.2 Å². The van der Waals surface area contributed by atoms with Crippen LogP contribution in [0.4, 0.5) is 0 Å². The second-order valence-electron chi connectivity index (χ2n) is 3.86. The first-order valence-electron chi connectivity index (χ1n) is 5.29. The second-order valence-corrected chi connectivity index (χ2v) is 4.78. The molecule has 2 heterocycles. The Morgan fingerprint density at radius 2 is 2.00 bits per heavy atom. The molecule has 0 saturated carbocycles. The number of rotatable bonds is 3. The van der Waals surface area contributed by atoms with Gasteiger partial charge in [0, 0.05) is 5.56 Å². The molecule has 90 valence electrons. The smallest absolute Gasteiger partial charge is 0.210 e. The predicted molar refractivity (Wildman–Crippen MR) is 67.2 cm³/mol. The van der Waals surface area contributed by atoms with Crippen LogP contribution in [0, 0.1) is 20.8 Å². The van der Waals surface area contributed by atoms with E-state index in [9.17, 15) is 4.79 Å². The molecular formula is C13H14O3S. The van der Waals surface area contributed by atoms with E-state index < -0.39 is 0 Å². The number of methoxy groups -OCH3 is 1. The summed E-state index contributed by atoms with van der Waals surface area (Å²) >= 11 is 1.39. The third kappa shape index (κ3) is 1.89. The maximum absolute atomic E-state index is 12.4. The lowest BCUT2D eigenvalue weighted by atomic mass is 10.0. The fourth-order valence-electron chi connectivity index (χ4n) is 1.86. The molecule has 0 amide bonds. The summed E-state index contributed by atoms with van der Waals surface area (Å²) in [6, 6.07) is 1.80. The van der Waals surface area contributed by atoms with E-state index >= 15 is 0 Å². The van der Waals surface area contributed by atoms with Gasteiger partial charge in [-0.25, -0.2) is 0 Å². The number of carbonyl (C=O) groups excluding carboxylic acids is 1. The molecular weight excluding hydrogens is 236 g/mol. The van der Waals surface area contributed by atoms with E-state index in [-0.39, 0.29) is 5.78 Å². The van der Waals surface area contributed by atoms with Gasteiger partial charge < -0.3 is 9.15 Å². The summed E-state index contributed by atoms with van der Waals surface area (Å²) in [6.45, 7) is 5.58. The number of thiophene rings is 1. The van der Waals surface area contributed by atoms with Crippen LogP contribution in [-0.2, 0) is 0 Å². The number of aryl methyl sites for hydroxylation is 2. The van der Waals surface area contributed by atoms with Gasteiger partial charge in [0.25, 0.3) is 0 Å². The standard InChI is InChI=1S/C13H14O3S/c1-7-8(2)16-9(3)11(7)12(14)13-10(15-4)5-6-17-13/h5-6H,1-4H3. The highest BCUT2D eigenvalue weighted by molar-refractivity contribution is 7.12. The molecule has 4 heteroatoms. The van der Waals surface area contributed by atoms with Crippen molar-refractivity contribution in [2.24, 2.45) is 0 Å². The molecule has 0 atom stereocenters. The van der Waals surface area contributed by atoms with Crippen molar-refractivity contribution in [2.75, 3.05) is 7.11 Å². The van der Waals surface area contributed by atoms with Gasteiger partial charge >= 0.3 is 0 Å². The molecule has 0 aliphatic rings. The predicted octanol–water partition coefficient (Wildman–Crippen LogP) is 3.51. The number of ketones is 1. The van der Waals surface area contributed by atoms with Crippen LogP contribution in [0.15, 0.2) is 15.9 Å². The van der Waals surface area contributed by atoms with Crippen molar-refractivity contribution in [3.63, 3.8) is 0 Å². The second kappa shape index (κ2) is 4.37. The third-order valence-electron chi connectivity index (χ3n) is 2.84. The summed E-state index contributed by atoms with van der Waals surface area (Å²) in [5.74, 6) is 2.06. The van der Waals surface area contributed by atoms with Crippen LogP contribution in [0.5, 0.6) is 5.75 Å². The number of hydrogen-bond acceptors (Lipinski definition) is 4. The van der Waals surface area contributed by atoms with Gasteiger partial charge in [0.05, 0.1) is 12.7 Å². The van der Waals surface area contributed by atoms with E-state index in [0.717, 1.165) is 11.3 Å². The van der Waals surface area contributed by atoms with Gasteiger partial charge in [0.1, 0.15) is 22.1 Å². The zero-order valence-electron chi connectivity index (χ0n) is 10.3. The van der Waals surface area contributed by atoms with E-state index in [1.165, 1.54) is 11.3 Å². The van der Waals surface area contributed by atoms with Crippen molar-refractivity contribution < 1.29 is 13.9 Å². The van der Waals surface area contributed by atoms with Crippen LogP contribution < -0.4 is 4.74 Å². The molecule has 17 heavy (non-hydrogen) atoms. The molecule has 0 unspecified atom stereocenters. The third-order valence-corrected chi connectivity index (χ3v) is 3.74. The minimum Gasteiger partial charge on any atom is -0.495 e. The molecule has 0 saturated heterocycles. The first kappa shape index (κ1) is 11.9. The minimum absolute atomic E-state index is 0.0244. The number of ether oxygens (including phenoxy) is 1. The largest absolute Gasteiger partial charge is 0.495 e. The van der Waals surface area contributed by atoms with Gasteiger partial charge in [-0.05, 0) is 32.2 Å².